The number of para-hydroxylation sites is 1. The number of ketones is 1. The van der Waals surface area contributed by atoms with E-state index < -0.39 is 10.0 Å². The minimum Gasteiger partial charge on any atom is -0.359 e. The second-order valence-electron chi connectivity index (χ2n) is 7.84. The van der Waals surface area contributed by atoms with Gasteiger partial charge >= 0.3 is 0 Å². The van der Waals surface area contributed by atoms with Crippen molar-refractivity contribution < 1.29 is 13.2 Å². The van der Waals surface area contributed by atoms with Gasteiger partial charge in [0, 0.05) is 23.7 Å². The number of carbonyl (C=O) groups excluding carboxylic acids is 1. The number of hydrogen-bond donors (Lipinski definition) is 3. The first-order chi connectivity index (χ1) is 15.8. The number of halogens is 1. The van der Waals surface area contributed by atoms with E-state index in [-0.39, 0.29) is 16.6 Å². The van der Waals surface area contributed by atoms with E-state index in [0.717, 1.165) is 22.0 Å². The lowest BCUT2D eigenvalue weighted by Crippen LogP contribution is -2.28. The van der Waals surface area contributed by atoms with Crippen LogP contribution in [0.2, 0.25) is 5.02 Å². The predicted molar refractivity (Wildman–Crippen MR) is 131 cm³/mol. The molecule has 1 heterocycles. The number of carbonyl (C=O) groups is 1. The summed E-state index contributed by atoms with van der Waals surface area (Å²) in [5.41, 5.74) is 3.28. The molecule has 0 bridgehead atoms. The number of nitrogens with two attached hydrogens (primary N) is 1. The number of H-pyrrole nitrogens is 1. The van der Waals surface area contributed by atoms with Crippen LogP contribution < -0.4 is 10.5 Å². The summed E-state index contributed by atoms with van der Waals surface area (Å²) < 4.78 is 22.8. The second kappa shape index (κ2) is 9.89. The number of rotatable bonds is 9. The monoisotopic (exact) mass is 481 g/mol. The Morgan fingerprint density at radius 3 is 2.42 bits per heavy atom. The lowest BCUT2D eigenvalue weighted by Gasteiger charge is -2.17. The van der Waals surface area contributed by atoms with Gasteiger partial charge in [0.05, 0.1) is 21.4 Å². The molecule has 1 unspecified atom stereocenters. The van der Waals surface area contributed by atoms with Crippen molar-refractivity contribution in [2.45, 2.75) is 17.2 Å². The molecule has 4 N–H and O–H groups in total. The Bertz CT molecular complexity index is 1370. The number of nitrogens with one attached hydrogen (secondary N) is 2. The van der Waals surface area contributed by atoms with Crippen molar-refractivity contribution in [2.75, 3.05) is 13.1 Å². The number of hydrogen-bond acceptors (Lipinski definition) is 4. The average molecular weight is 482 g/mol. The molecule has 6 nitrogen and oxygen atoms in total. The molecule has 0 aliphatic heterocycles. The second-order valence-corrected chi connectivity index (χ2v) is 9.80. The standard InChI is InChI=1S/C25H24ClN3O3S/c26-23-8-4-7-20-22(16-29-24(20)23)25(30)21(18-5-2-1-3-6-18)15-28-14-13-17-9-11-19(12-10-17)33(27,31)32/h1-12,16,21,28-29H,13-15H2,(H2,27,31,32). The Hall–Kier alpha value is -2.97. The summed E-state index contributed by atoms with van der Waals surface area (Å²) in [5, 5.41) is 9.91. The number of fused-ring (bicyclic) bond motifs is 1. The molecule has 170 valence electrons. The van der Waals surface area contributed by atoms with Gasteiger partial charge in [-0.1, -0.05) is 66.2 Å². The van der Waals surface area contributed by atoms with Crippen molar-refractivity contribution in [3.05, 3.63) is 101 Å². The zero-order valence-corrected chi connectivity index (χ0v) is 19.4. The molecule has 3 aromatic carbocycles. The van der Waals surface area contributed by atoms with Gasteiger partial charge in [-0.2, -0.15) is 0 Å². The normalized spacial score (nSPS) is 12.7. The van der Waals surface area contributed by atoms with E-state index in [0.29, 0.717) is 30.1 Å². The largest absolute Gasteiger partial charge is 0.359 e. The van der Waals surface area contributed by atoms with Crippen LogP contribution in [0.15, 0.2) is 83.9 Å². The number of benzene rings is 3. The van der Waals surface area contributed by atoms with Crippen molar-refractivity contribution >= 4 is 38.3 Å². The predicted octanol–water partition coefficient (Wildman–Crippen LogP) is 4.27. The van der Waals surface area contributed by atoms with Crippen molar-refractivity contribution in [3.8, 4) is 0 Å². The van der Waals surface area contributed by atoms with Crippen molar-refractivity contribution in [3.63, 3.8) is 0 Å². The van der Waals surface area contributed by atoms with Gasteiger partial charge in [-0.05, 0) is 42.3 Å². The lowest BCUT2D eigenvalue weighted by molar-refractivity contribution is 0.0960. The molecule has 1 atom stereocenters. The van der Waals surface area contributed by atoms with E-state index in [2.05, 4.69) is 10.3 Å². The maximum absolute atomic E-state index is 13.6. The molecule has 0 amide bonds. The van der Waals surface area contributed by atoms with Gasteiger partial charge in [-0.15, -0.1) is 0 Å². The summed E-state index contributed by atoms with van der Waals surface area (Å²) in [6.45, 7) is 1.09. The third kappa shape index (κ3) is 5.34. The van der Waals surface area contributed by atoms with E-state index in [9.17, 15) is 13.2 Å². The van der Waals surface area contributed by atoms with Gasteiger partial charge in [0.25, 0.3) is 0 Å². The van der Waals surface area contributed by atoms with E-state index in [1.165, 1.54) is 12.1 Å². The minimum absolute atomic E-state index is 0.0136. The Balaban J connectivity index is 1.48. The van der Waals surface area contributed by atoms with Gasteiger partial charge < -0.3 is 10.3 Å². The molecule has 0 saturated carbocycles. The zero-order chi connectivity index (χ0) is 23.4. The molecule has 4 aromatic rings. The molecule has 0 fully saturated rings. The molecule has 4 rings (SSSR count). The van der Waals surface area contributed by atoms with Crippen LogP contribution in [0.1, 0.15) is 27.4 Å². The van der Waals surface area contributed by atoms with Gasteiger partial charge in [0.15, 0.2) is 5.78 Å². The van der Waals surface area contributed by atoms with Crippen LogP contribution in [0.3, 0.4) is 0 Å². The molecule has 0 radical (unpaired) electrons. The van der Waals surface area contributed by atoms with E-state index >= 15 is 0 Å². The topological polar surface area (TPSA) is 105 Å². The van der Waals surface area contributed by atoms with Crippen LogP contribution >= 0.6 is 11.6 Å². The molecular formula is C25H24ClN3O3S. The molecule has 1 aromatic heterocycles. The molecule has 0 spiro atoms. The van der Waals surface area contributed by atoms with Crippen molar-refractivity contribution in [2.24, 2.45) is 5.14 Å². The van der Waals surface area contributed by atoms with Gasteiger partial charge in [0.1, 0.15) is 0 Å². The Morgan fingerprint density at radius 2 is 1.73 bits per heavy atom. The van der Waals surface area contributed by atoms with Crippen molar-refractivity contribution in [1.82, 2.24) is 10.3 Å². The minimum atomic E-state index is -3.70. The van der Waals surface area contributed by atoms with Crippen LogP contribution in [0, 0.1) is 0 Å². The molecule has 33 heavy (non-hydrogen) atoms. The summed E-state index contributed by atoms with van der Waals surface area (Å²) >= 11 is 6.27. The Labute approximate surface area is 197 Å². The van der Waals surface area contributed by atoms with Crippen LogP contribution in [0.4, 0.5) is 0 Å². The third-order valence-electron chi connectivity index (χ3n) is 5.64. The van der Waals surface area contributed by atoms with Gasteiger partial charge in [-0.3, -0.25) is 4.79 Å². The fourth-order valence-electron chi connectivity index (χ4n) is 3.88. The maximum atomic E-state index is 13.6. The Kier molecular flexibility index (Phi) is 6.95. The molecule has 0 saturated heterocycles. The summed E-state index contributed by atoms with van der Waals surface area (Å²) in [7, 11) is -3.70. The highest BCUT2D eigenvalue weighted by molar-refractivity contribution is 7.89. The quantitative estimate of drug-likeness (QED) is 0.245. The first-order valence-electron chi connectivity index (χ1n) is 10.5. The van der Waals surface area contributed by atoms with E-state index in [1.54, 1.807) is 24.4 Å². The first-order valence-corrected chi connectivity index (χ1v) is 12.4. The summed E-state index contributed by atoms with van der Waals surface area (Å²) in [5.74, 6) is -0.353. The molecule has 8 heteroatoms. The first kappa shape index (κ1) is 23.2. The van der Waals surface area contributed by atoms with Crippen LogP contribution in [0.5, 0.6) is 0 Å². The highest BCUT2D eigenvalue weighted by Gasteiger charge is 2.24. The van der Waals surface area contributed by atoms with Gasteiger partial charge in [0.2, 0.25) is 10.0 Å². The Morgan fingerprint density at radius 1 is 1.00 bits per heavy atom. The van der Waals surface area contributed by atoms with Crippen LogP contribution in [0.25, 0.3) is 10.9 Å². The maximum Gasteiger partial charge on any atom is 0.238 e. The SMILES string of the molecule is NS(=O)(=O)c1ccc(CCNCC(C(=O)c2c[nH]c3c(Cl)cccc23)c2ccccc2)cc1. The highest BCUT2D eigenvalue weighted by atomic mass is 35.5. The summed E-state index contributed by atoms with van der Waals surface area (Å²) in [4.78, 5) is 16.8. The van der Waals surface area contributed by atoms with Gasteiger partial charge in [-0.25, -0.2) is 13.6 Å². The summed E-state index contributed by atoms with van der Waals surface area (Å²) in [6.07, 6.45) is 2.41. The number of aromatic nitrogens is 1. The molecular weight excluding hydrogens is 458 g/mol. The number of sulfonamides is 1. The smallest absolute Gasteiger partial charge is 0.238 e. The average Bonchev–Trinajstić information content (AvgIpc) is 3.25. The van der Waals surface area contributed by atoms with Crippen LogP contribution in [-0.4, -0.2) is 32.3 Å². The van der Waals surface area contributed by atoms with E-state index in [4.69, 9.17) is 16.7 Å². The lowest BCUT2D eigenvalue weighted by atomic mass is 9.90. The molecule has 0 aliphatic rings. The summed E-state index contributed by atoms with van der Waals surface area (Å²) in [6, 6.07) is 21.7. The fourth-order valence-corrected chi connectivity index (χ4v) is 4.63. The number of primary sulfonamides is 1. The molecule has 0 aliphatic carbocycles. The number of aromatic amines is 1. The fraction of sp³-hybridized carbons (Fsp3) is 0.160. The van der Waals surface area contributed by atoms with Crippen LogP contribution in [-0.2, 0) is 16.4 Å². The highest BCUT2D eigenvalue weighted by Crippen LogP contribution is 2.29. The van der Waals surface area contributed by atoms with Crippen molar-refractivity contribution in [1.29, 1.82) is 0 Å². The third-order valence-corrected chi connectivity index (χ3v) is 6.88. The zero-order valence-electron chi connectivity index (χ0n) is 17.8. The number of Topliss-reactive ketones (excluding diaryl/α,β-unsaturated/α-hetero) is 1. The van der Waals surface area contributed by atoms with E-state index in [1.807, 2.05) is 42.5 Å².